The third kappa shape index (κ3) is 4.56. The number of rotatable bonds is 4. The van der Waals surface area contributed by atoms with Gasteiger partial charge in [0.2, 0.25) is 5.91 Å². The predicted octanol–water partition coefficient (Wildman–Crippen LogP) is 2.79. The number of nitrogens with two attached hydrogens (primary N) is 1. The molecule has 4 nitrogen and oxygen atoms in total. The fourth-order valence-electron chi connectivity index (χ4n) is 2.07. The molecular formula is C15H24N2O2. The first-order valence-electron chi connectivity index (χ1n) is 6.50. The molecule has 2 atom stereocenters. The highest BCUT2D eigenvalue weighted by Crippen LogP contribution is 2.31. The average molecular weight is 264 g/mol. The maximum atomic E-state index is 11.2. The molecule has 0 aliphatic heterocycles. The molecule has 0 heterocycles. The van der Waals surface area contributed by atoms with Crippen molar-refractivity contribution in [3.8, 4) is 5.75 Å². The summed E-state index contributed by atoms with van der Waals surface area (Å²) in [5.74, 6) is 0.527. The first kappa shape index (κ1) is 15.5. The quantitative estimate of drug-likeness (QED) is 0.879. The number of para-hydroxylation sites is 2. The van der Waals surface area contributed by atoms with E-state index >= 15 is 0 Å². The molecule has 106 valence electrons. The van der Waals surface area contributed by atoms with Gasteiger partial charge >= 0.3 is 0 Å². The molecule has 1 rings (SSSR count). The van der Waals surface area contributed by atoms with E-state index in [9.17, 15) is 4.79 Å². The summed E-state index contributed by atoms with van der Waals surface area (Å²) in [5, 5.41) is 2.76. The van der Waals surface area contributed by atoms with Gasteiger partial charge in [-0.25, -0.2) is 0 Å². The van der Waals surface area contributed by atoms with Crippen LogP contribution in [0.25, 0.3) is 0 Å². The van der Waals surface area contributed by atoms with Gasteiger partial charge in [-0.3, -0.25) is 4.79 Å². The molecule has 3 N–H and O–H groups in total. The largest absolute Gasteiger partial charge is 0.486 e. The summed E-state index contributed by atoms with van der Waals surface area (Å²) in [6.45, 7) is 9.66. The minimum absolute atomic E-state index is 0.0858. The molecule has 0 radical (unpaired) electrons. The van der Waals surface area contributed by atoms with Crippen molar-refractivity contribution in [2.75, 3.05) is 5.32 Å². The molecule has 2 unspecified atom stereocenters. The van der Waals surface area contributed by atoms with E-state index in [1.165, 1.54) is 6.92 Å². The number of nitrogens with one attached hydrogen (secondary N) is 1. The Labute approximate surface area is 115 Å². The normalized spacial score (nSPS) is 14.6. The lowest BCUT2D eigenvalue weighted by atomic mass is 9.85. The topological polar surface area (TPSA) is 64.3 Å². The monoisotopic (exact) mass is 264 g/mol. The van der Waals surface area contributed by atoms with Crippen LogP contribution in [0.3, 0.4) is 0 Å². The van der Waals surface area contributed by atoms with Gasteiger partial charge in [0.25, 0.3) is 0 Å². The molecule has 0 bridgehead atoms. The molecule has 0 fully saturated rings. The molecule has 0 saturated carbocycles. The van der Waals surface area contributed by atoms with Crippen molar-refractivity contribution in [1.29, 1.82) is 0 Å². The van der Waals surface area contributed by atoms with Crippen LogP contribution in [0, 0.1) is 5.41 Å². The molecular weight excluding hydrogens is 240 g/mol. The summed E-state index contributed by atoms with van der Waals surface area (Å²) in [5.41, 5.74) is 6.60. The molecule has 4 heteroatoms. The molecule has 0 aliphatic rings. The van der Waals surface area contributed by atoms with Gasteiger partial charge in [-0.1, -0.05) is 32.9 Å². The van der Waals surface area contributed by atoms with Gasteiger partial charge in [0.1, 0.15) is 11.9 Å². The minimum Gasteiger partial charge on any atom is -0.486 e. The first-order valence-corrected chi connectivity index (χ1v) is 6.50. The van der Waals surface area contributed by atoms with Crippen LogP contribution >= 0.6 is 0 Å². The van der Waals surface area contributed by atoms with Crippen LogP contribution in [0.4, 0.5) is 5.69 Å². The van der Waals surface area contributed by atoms with Crippen LogP contribution in [-0.4, -0.2) is 18.1 Å². The number of hydrogen-bond donors (Lipinski definition) is 2. The third-order valence-electron chi connectivity index (χ3n) is 2.78. The van der Waals surface area contributed by atoms with Gasteiger partial charge in [0.05, 0.1) is 5.69 Å². The Balaban J connectivity index is 3.00. The fraction of sp³-hybridized carbons (Fsp3) is 0.533. The number of amides is 1. The summed E-state index contributed by atoms with van der Waals surface area (Å²) >= 11 is 0. The third-order valence-corrected chi connectivity index (χ3v) is 2.78. The lowest BCUT2D eigenvalue weighted by Gasteiger charge is -2.34. The average Bonchev–Trinajstić information content (AvgIpc) is 2.24. The number of anilines is 1. The van der Waals surface area contributed by atoms with E-state index in [1.54, 1.807) is 0 Å². The number of ether oxygens (including phenoxy) is 1. The van der Waals surface area contributed by atoms with Gasteiger partial charge in [0, 0.05) is 18.4 Å². The van der Waals surface area contributed by atoms with E-state index in [0.29, 0.717) is 11.4 Å². The van der Waals surface area contributed by atoms with Crippen LogP contribution in [0.5, 0.6) is 5.75 Å². The van der Waals surface area contributed by atoms with Gasteiger partial charge in [-0.2, -0.15) is 0 Å². The second-order valence-corrected chi connectivity index (χ2v) is 5.94. The molecule has 0 aliphatic carbocycles. The number of carbonyl (C=O) groups is 1. The fourth-order valence-corrected chi connectivity index (χ4v) is 2.07. The lowest BCUT2D eigenvalue weighted by Crippen LogP contribution is -2.45. The standard InChI is InChI=1S/C15H24N2O2/c1-10(16)14(15(3,4)5)19-13-9-7-6-8-12(13)17-11(2)18/h6-10,14H,16H2,1-5H3,(H,17,18). The lowest BCUT2D eigenvalue weighted by molar-refractivity contribution is -0.114. The van der Waals surface area contributed by atoms with Crippen molar-refractivity contribution in [3.05, 3.63) is 24.3 Å². The maximum absolute atomic E-state index is 11.2. The Bertz CT molecular complexity index is 436. The maximum Gasteiger partial charge on any atom is 0.221 e. The van der Waals surface area contributed by atoms with E-state index in [1.807, 2.05) is 31.2 Å². The van der Waals surface area contributed by atoms with E-state index in [4.69, 9.17) is 10.5 Å². The zero-order valence-electron chi connectivity index (χ0n) is 12.4. The summed E-state index contributed by atoms with van der Waals surface area (Å²) in [7, 11) is 0. The molecule has 1 aromatic rings. The number of hydrogen-bond acceptors (Lipinski definition) is 3. The SMILES string of the molecule is CC(=O)Nc1ccccc1OC(C(C)N)C(C)(C)C. The summed E-state index contributed by atoms with van der Waals surface area (Å²) in [6, 6.07) is 7.28. The van der Waals surface area contributed by atoms with Gasteiger partial charge in [0.15, 0.2) is 0 Å². The summed E-state index contributed by atoms with van der Waals surface area (Å²) in [6.07, 6.45) is -0.137. The van der Waals surface area contributed by atoms with Crippen LogP contribution in [-0.2, 0) is 4.79 Å². The molecule has 0 saturated heterocycles. The van der Waals surface area contributed by atoms with Crippen molar-refractivity contribution in [2.24, 2.45) is 11.1 Å². The Morgan fingerprint density at radius 1 is 1.32 bits per heavy atom. The molecule has 0 aromatic heterocycles. The van der Waals surface area contributed by atoms with E-state index in [0.717, 1.165) is 0 Å². The Hall–Kier alpha value is -1.55. The Morgan fingerprint density at radius 3 is 2.37 bits per heavy atom. The summed E-state index contributed by atoms with van der Waals surface area (Å²) < 4.78 is 6.03. The molecule has 19 heavy (non-hydrogen) atoms. The second kappa shape index (κ2) is 6.06. The van der Waals surface area contributed by atoms with Crippen LogP contribution in [0.15, 0.2) is 24.3 Å². The van der Waals surface area contributed by atoms with Gasteiger partial charge in [-0.05, 0) is 19.1 Å². The van der Waals surface area contributed by atoms with Crippen molar-refractivity contribution >= 4 is 11.6 Å². The second-order valence-electron chi connectivity index (χ2n) is 5.94. The zero-order chi connectivity index (χ0) is 14.6. The Kier molecular flexibility index (Phi) is 4.95. The predicted molar refractivity (Wildman–Crippen MR) is 78.3 cm³/mol. The van der Waals surface area contributed by atoms with E-state index in [2.05, 4.69) is 26.1 Å². The van der Waals surface area contributed by atoms with E-state index < -0.39 is 0 Å². The minimum atomic E-state index is -0.137. The van der Waals surface area contributed by atoms with Crippen molar-refractivity contribution < 1.29 is 9.53 Å². The molecule has 0 spiro atoms. The Morgan fingerprint density at radius 2 is 1.89 bits per heavy atom. The summed E-state index contributed by atoms with van der Waals surface area (Å²) in [4.78, 5) is 11.2. The van der Waals surface area contributed by atoms with Crippen molar-refractivity contribution in [3.63, 3.8) is 0 Å². The van der Waals surface area contributed by atoms with E-state index in [-0.39, 0.29) is 23.5 Å². The smallest absolute Gasteiger partial charge is 0.221 e. The highest BCUT2D eigenvalue weighted by atomic mass is 16.5. The van der Waals surface area contributed by atoms with Crippen LogP contribution < -0.4 is 15.8 Å². The van der Waals surface area contributed by atoms with Crippen LogP contribution in [0.2, 0.25) is 0 Å². The highest BCUT2D eigenvalue weighted by molar-refractivity contribution is 5.90. The first-order chi connectivity index (χ1) is 8.71. The number of carbonyl (C=O) groups excluding carboxylic acids is 1. The van der Waals surface area contributed by atoms with Crippen LogP contribution in [0.1, 0.15) is 34.6 Å². The molecule has 1 aromatic carbocycles. The van der Waals surface area contributed by atoms with Crippen molar-refractivity contribution in [1.82, 2.24) is 0 Å². The molecule has 1 amide bonds. The van der Waals surface area contributed by atoms with Gasteiger partial charge < -0.3 is 15.8 Å². The number of benzene rings is 1. The van der Waals surface area contributed by atoms with Gasteiger partial charge in [-0.15, -0.1) is 0 Å². The zero-order valence-corrected chi connectivity index (χ0v) is 12.4. The van der Waals surface area contributed by atoms with Crippen molar-refractivity contribution in [2.45, 2.75) is 46.8 Å². The highest BCUT2D eigenvalue weighted by Gasteiger charge is 2.30.